The van der Waals surface area contributed by atoms with Crippen LogP contribution in [0.15, 0.2) is 21.4 Å². The second kappa shape index (κ2) is 5.34. The third-order valence-corrected chi connectivity index (χ3v) is 4.19. The van der Waals surface area contributed by atoms with E-state index >= 15 is 0 Å². The first kappa shape index (κ1) is 12.7. The molecule has 0 atom stereocenters. The van der Waals surface area contributed by atoms with E-state index < -0.39 is 0 Å². The SMILES string of the molecule is NCC1CCN(c2n[nH]c(-c3ccoc3Br)n2)CC1. The lowest BCUT2D eigenvalue weighted by Crippen LogP contribution is -2.36. The van der Waals surface area contributed by atoms with Gasteiger partial charge in [0.15, 0.2) is 10.5 Å². The average molecular weight is 326 g/mol. The van der Waals surface area contributed by atoms with Crippen LogP contribution in [0, 0.1) is 5.92 Å². The first-order chi connectivity index (χ1) is 9.28. The van der Waals surface area contributed by atoms with Crippen molar-refractivity contribution in [2.45, 2.75) is 12.8 Å². The number of nitrogens with one attached hydrogen (secondary N) is 1. The predicted octanol–water partition coefficient (Wildman–Crippen LogP) is 2.00. The Bertz CT molecular complexity index is 544. The minimum absolute atomic E-state index is 0.637. The van der Waals surface area contributed by atoms with E-state index in [9.17, 15) is 0 Å². The lowest BCUT2D eigenvalue weighted by molar-refractivity contribution is 0.411. The molecule has 19 heavy (non-hydrogen) atoms. The van der Waals surface area contributed by atoms with Gasteiger partial charge in [-0.25, -0.2) is 0 Å². The van der Waals surface area contributed by atoms with Gasteiger partial charge in [-0.15, -0.1) is 5.10 Å². The molecule has 102 valence electrons. The average Bonchev–Trinajstić information content (AvgIpc) is 3.07. The quantitative estimate of drug-likeness (QED) is 0.901. The monoisotopic (exact) mass is 325 g/mol. The molecule has 0 aliphatic carbocycles. The highest BCUT2D eigenvalue weighted by Crippen LogP contribution is 2.28. The number of nitrogens with two attached hydrogens (primary N) is 1. The van der Waals surface area contributed by atoms with Crippen LogP contribution in [0.1, 0.15) is 12.8 Å². The summed E-state index contributed by atoms with van der Waals surface area (Å²) in [6.07, 6.45) is 3.83. The van der Waals surface area contributed by atoms with E-state index in [1.807, 2.05) is 6.07 Å². The Morgan fingerprint density at radius 2 is 2.26 bits per heavy atom. The number of halogens is 1. The molecule has 3 N–H and O–H groups in total. The zero-order valence-corrected chi connectivity index (χ0v) is 12.1. The molecule has 0 radical (unpaired) electrons. The third-order valence-electron chi connectivity index (χ3n) is 3.58. The molecule has 2 aromatic rings. The Kier molecular flexibility index (Phi) is 3.56. The van der Waals surface area contributed by atoms with Crippen molar-refractivity contribution >= 4 is 21.9 Å². The summed E-state index contributed by atoms with van der Waals surface area (Å²) in [4.78, 5) is 6.72. The Morgan fingerprint density at radius 1 is 1.47 bits per heavy atom. The molecule has 1 fully saturated rings. The number of furan rings is 1. The van der Waals surface area contributed by atoms with E-state index in [-0.39, 0.29) is 0 Å². The maximum Gasteiger partial charge on any atom is 0.245 e. The van der Waals surface area contributed by atoms with Gasteiger partial charge < -0.3 is 15.1 Å². The van der Waals surface area contributed by atoms with E-state index in [0.717, 1.165) is 49.8 Å². The summed E-state index contributed by atoms with van der Waals surface area (Å²) in [5.41, 5.74) is 6.59. The maximum atomic E-state index is 5.70. The van der Waals surface area contributed by atoms with Crippen LogP contribution in [0.25, 0.3) is 11.4 Å². The zero-order valence-electron chi connectivity index (χ0n) is 10.5. The lowest BCUT2D eigenvalue weighted by atomic mass is 9.97. The second-order valence-corrected chi connectivity index (χ2v) is 5.48. The first-order valence-electron chi connectivity index (χ1n) is 6.38. The summed E-state index contributed by atoms with van der Waals surface area (Å²) in [7, 11) is 0. The van der Waals surface area contributed by atoms with Crippen LogP contribution in [0.3, 0.4) is 0 Å². The van der Waals surface area contributed by atoms with Gasteiger partial charge in [-0.05, 0) is 47.3 Å². The number of piperidine rings is 1. The van der Waals surface area contributed by atoms with Gasteiger partial charge in [-0.2, -0.15) is 4.98 Å². The summed E-state index contributed by atoms with van der Waals surface area (Å²) >= 11 is 3.34. The normalized spacial score (nSPS) is 17.1. The smallest absolute Gasteiger partial charge is 0.245 e. The van der Waals surface area contributed by atoms with Gasteiger partial charge in [0.05, 0.1) is 11.8 Å². The fourth-order valence-corrected chi connectivity index (χ4v) is 2.77. The number of hydrogen-bond donors (Lipinski definition) is 2. The van der Waals surface area contributed by atoms with Crippen molar-refractivity contribution in [3.8, 4) is 11.4 Å². The summed E-state index contributed by atoms with van der Waals surface area (Å²) in [6.45, 7) is 2.70. The van der Waals surface area contributed by atoms with Gasteiger partial charge in [-0.3, -0.25) is 5.10 Å². The highest BCUT2D eigenvalue weighted by Gasteiger charge is 2.21. The molecule has 0 amide bonds. The van der Waals surface area contributed by atoms with Crippen LogP contribution >= 0.6 is 15.9 Å². The molecule has 2 aromatic heterocycles. The number of aromatic amines is 1. The van der Waals surface area contributed by atoms with Crippen molar-refractivity contribution in [3.63, 3.8) is 0 Å². The van der Waals surface area contributed by atoms with Crippen LogP contribution in [0.4, 0.5) is 5.95 Å². The highest BCUT2D eigenvalue weighted by molar-refractivity contribution is 9.10. The van der Waals surface area contributed by atoms with Crippen molar-refractivity contribution in [2.24, 2.45) is 11.7 Å². The largest absolute Gasteiger partial charge is 0.457 e. The molecular weight excluding hydrogens is 310 g/mol. The molecule has 0 aromatic carbocycles. The Labute approximate surface area is 119 Å². The van der Waals surface area contributed by atoms with Gasteiger partial charge in [0.1, 0.15) is 0 Å². The zero-order chi connectivity index (χ0) is 13.2. The van der Waals surface area contributed by atoms with E-state index in [2.05, 4.69) is 36.0 Å². The van der Waals surface area contributed by atoms with Gasteiger partial charge in [0, 0.05) is 13.1 Å². The number of aromatic nitrogens is 3. The van der Waals surface area contributed by atoms with E-state index in [1.54, 1.807) is 6.26 Å². The highest BCUT2D eigenvalue weighted by atomic mass is 79.9. The fourth-order valence-electron chi connectivity index (χ4n) is 2.35. The van der Waals surface area contributed by atoms with Crippen molar-refractivity contribution in [3.05, 3.63) is 17.0 Å². The molecule has 3 heterocycles. The molecule has 0 spiro atoms. The van der Waals surface area contributed by atoms with Crippen molar-refractivity contribution in [1.29, 1.82) is 0 Å². The number of H-pyrrole nitrogens is 1. The van der Waals surface area contributed by atoms with Crippen molar-refractivity contribution in [1.82, 2.24) is 15.2 Å². The van der Waals surface area contributed by atoms with Gasteiger partial charge in [0.2, 0.25) is 5.95 Å². The Balaban J connectivity index is 1.74. The minimum Gasteiger partial charge on any atom is -0.457 e. The summed E-state index contributed by atoms with van der Waals surface area (Å²) in [5, 5.41) is 7.24. The molecule has 3 rings (SSSR count). The molecule has 1 aliphatic rings. The van der Waals surface area contributed by atoms with E-state index in [4.69, 9.17) is 10.2 Å². The molecule has 1 aliphatic heterocycles. The van der Waals surface area contributed by atoms with Gasteiger partial charge >= 0.3 is 0 Å². The standard InChI is InChI=1S/C12H16BrN5O/c13-10-9(3-6-19-10)11-15-12(17-16-11)18-4-1-8(7-14)2-5-18/h3,6,8H,1-2,4-5,7,14H2,(H,15,16,17). The number of hydrogen-bond acceptors (Lipinski definition) is 5. The van der Waals surface area contributed by atoms with Crippen LogP contribution in [-0.2, 0) is 0 Å². The van der Waals surface area contributed by atoms with Crippen molar-refractivity contribution < 1.29 is 4.42 Å². The first-order valence-corrected chi connectivity index (χ1v) is 7.18. The topological polar surface area (TPSA) is 84.0 Å². The van der Waals surface area contributed by atoms with Crippen LogP contribution in [0.5, 0.6) is 0 Å². The Hall–Kier alpha value is -1.34. The van der Waals surface area contributed by atoms with Gasteiger partial charge in [0.25, 0.3) is 0 Å². The molecule has 6 nitrogen and oxygen atoms in total. The maximum absolute atomic E-state index is 5.70. The van der Waals surface area contributed by atoms with Crippen molar-refractivity contribution in [2.75, 3.05) is 24.5 Å². The summed E-state index contributed by atoms with van der Waals surface area (Å²) in [5.74, 6) is 2.10. The molecular formula is C12H16BrN5O. The summed E-state index contributed by atoms with van der Waals surface area (Å²) < 4.78 is 5.87. The molecule has 1 saturated heterocycles. The minimum atomic E-state index is 0.637. The Morgan fingerprint density at radius 3 is 2.89 bits per heavy atom. The molecule has 0 unspecified atom stereocenters. The van der Waals surface area contributed by atoms with Crippen LogP contribution in [0.2, 0.25) is 0 Å². The van der Waals surface area contributed by atoms with Crippen LogP contribution in [-0.4, -0.2) is 34.8 Å². The lowest BCUT2D eigenvalue weighted by Gasteiger charge is -2.30. The van der Waals surface area contributed by atoms with Crippen LogP contribution < -0.4 is 10.6 Å². The number of anilines is 1. The third kappa shape index (κ3) is 2.52. The predicted molar refractivity (Wildman–Crippen MR) is 75.8 cm³/mol. The molecule has 7 heteroatoms. The number of rotatable bonds is 3. The molecule has 0 bridgehead atoms. The second-order valence-electron chi connectivity index (χ2n) is 4.76. The summed E-state index contributed by atoms with van der Waals surface area (Å²) in [6, 6.07) is 1.86. The molecule has 0 saturated carbocycles. The fraction of sp³-hybridized carbons (Fsp3) is 0.500. The van der Waals surface area contributed by atoms with E-state index in [0.29, 0.717) is 10.6 Å². The van der Waals surface area contributed by atoms with Gasteiger partial charge in [-0.1, -0.05) is 0 Å². The van der Waals surface area contributed by atoms with E-state index in [1.165, 1.54) is 0 Å². The number of nitrogens with zero attached hydrogens (tertiary/aromatic N) is 3.